The molecule has 2 N–H and O–H groups in total. The van der Waals surface area contributed by atoms with Gasteiger partial charge in [0.05, 0.1) is 17.4 Å². The van der Waals surface area contributed by atoms with E-state index in [9.17, 15) is 4.79 Å². The van der Waals surface area contributed by atoms with Gasteiger partial charge in [-0.2, -0.15) is 0 Å². The lowest BCUT2D eigenvalue weighted by Gasteiger charge is -2.33. The molecule has 1 aliphatic heterocycles. The Morgan fingerprint density at radius 3 is 2.90 bits per heavy atom. The summed E-state index contributed by atoms with van der Waals surface area (Å²) in [5.74, 6) is -0.0453. The van der Waals surface area contributed by atoms with Gasteiger partial charge >= 0.3 is 0 Å². The second kappa shape index (κ2) is 6.70. The molecule has 0 saturated carbocycles. The third kappa shape index (κ3) is 3.70. The van der Waals surface area contributed by atoms with Gasteiger partial charge in [0.15, 0.2) is 0 Å². The van der Waals surface area contributed by atoms with Crippen molar-refractivity contribution in [1.82, 2.24) is 10.3 Å². The van der Waals surface area contributed by atoms with E-state index in [2.05, 4.69) is 22.5 Å². The molecular weight excluding hydrogens is 254 g/mol. The number of nitrogens with one attached hydrogen (secondary N) is 2. The molecule has 20 heavy (non-hydrogen) atoms. The Morgan fingerprint density at radius 2 is 2.20 bits per heavy atom. The van der Waals surface area contributed by atoms with Crippen molar-refractivity contribution in [3.05, 3.63) is 24.0 Å². The molecule has 0 aliphatic carbocycles. The van der Waals surface area contributed by atoms with Crippen LogP contribution in [-0.4, -0.2) is 37.2 Å². The standard InChI is InChI=1S/C15H23N3O2/c1-3-17-13-10-16-7-4-12(13)14(19)18-11-15(2)5-8-20-9-6-15/h4,7,10,17H,3,5-6,8-9,11H2,1-2H3,(H,18,19). The highest BCUT2D eigenvalue weighted by molar-refractivity contribution is 5.99. The highest BCUT2D eigenvalue weighted by atomic mass is 16.5. The van der Waals surface area contributed by atoms with Crippen molar-refractivity contribution in [1.29, 1.82) is 0 Å². The second-order valence-corrected chi connectivity index (χ2v) is 5.56. The van der Waals surface area contributed by atoms with Gasteiger partial charge in [0.1, 0.15) is 0 Å². The van der Waals surface area contributed by atoms with E-state index in [1.54, 1.807) is 18.5 Å². The first kappa shape index (κ1) is 14.8. The number of carbonyl (C=O) groups excluding carboxylic acids is 1. The van der Waals surface area contributed by atoms with Gasteiger partial charge in [0.25, 0.3) is 5.91 Å². The van der Waals surface area contributed by atoms with Gasteiger partial charge in [0.2, 0.25) is 0 Å². The number of nitrogens with zero attached hydrogens (tertiary/aromatic N) is 1. The molecule has 2 rings (SSSR count). The zero-order chi connectivity index (χ0) is 14.4. The molecule has 5 nitrogen and oxygen atoms in total. The molecule has 2 heterocycles. The highest BCUT2D eigenvalue weighted by Crippen LogP contribution is 2.28. The summed E-state index contributed by atoms with van der Waals surface area (Å²) in [4.78, 5) is 16.4. The van der Waals surface area contributed by atoms with Crippen LogP contribution in [0.5, 0.6) is 0 Å². The summed E-state index contributed by atoms with van der Waals surface area (Å²) in [6, 6.07) is 1.75. The molecular formula is C15H23N3O2. The van der Waals surface area contributed by atoms with Crippen molar-refractivity contribution in [2.24, 2.45) is 5.41 Å². The van der Waals surface area contributed by atoms with Crippen molar-refractivity contribution >= 4 is 11.6 Å². The number of anilines is 1. The summed E-state index contributed by atoms with van der Waals surface area (Å²) in [6.07, 6.45) is 5.31. The van der Waals surface area contributed by atoms with Crippen molar-refractivity contribution < 1.29 is 9.53 Å². The van der Waals surface area contributed by atoms with Gasteiger partial charge < -0.3 is 15.4 Å². The van der Waals surface area contributed by atoms with E-state index in [1.165, 1.54) is 0 Å². The zero-order valence-corrected chi connectivity index (χ0v) is 12.2. The molecule has 1 aromatic heterocycles. The monoisotopic (exact) mass is 277 g/mol. The number of ether oxygens (including phenoxy) is 1. The minimum atomic E-state index is -0.0453. The number of hydrogen-bond donors (Lipinski definition) is 2. The Balaban J connectivity index is 1.98. The maximum atomic E-state index is 12.3. The first-order valence-corrected chi connectivity index (χ1v) is 7.18. The predicted molar refractivity (Wildman–Crippen MR) is 78.9 cm³/mol. The van der Waals surface area contributed by atoms with Crippen LogP contribution in [0.1, 0.15) is 37.0 Å². The van der Waals surface area contributed by atoms with Crippen LogP contribution in [0.4, 0.5) is 5.69 Å². The number of aromatic nitrogens is 1. The fourth-order valence-corrected chi connectivity index (χ4v) is 2.35. The van der Waals surface area contributed by atoms with Crippen molar-refractivity contribution in [2.75, 3.05) is 31.6 Å². The molecule has 0 aromatic carbocycles. The normalized spacial score (nSPS) is 17.5. The van der Waals surface area contributed by atoms with E-state index in [-0.39, 0.29) is 11.3 Å². The van der Waals surface area contributed by atoms with Crippen LogP contribution < -0.4 is 10.6 Å². The van der Waals surface area contributed by atoms with E-state index in [4.69, 9.17) is 4.74 Å². The summed E-state index contributed by atoms with van der Waals surface area (Å²) in [7, 11) is 0. The van der Waals surface area contributed by atoms with Crippen molar-refractivity contribution in [2.45, 2.75) is 26.7 Å². The molecule has 0 radical (unpaired) electrons. The number of pyridine rings is 1. The van der Waals surface area contributed by atoms with E-state index >= 15 is 0 Å². The van der Waals surface area contributed by atoms with Gasteiger partial charge in [-0.15, -0.1) is 0 Å². The summed E-state index contributed by atoms with van der Waals surface area (Å²) in [6.45, 7) is 7.21. The minimum Gasteiger partial charge on any atom is -0.383 e. The summed E-state index contributed by atoms with van der Waals surface area (Å²) < 4.78 is 5.38. The molecule has 5 heteroatoms. The fourth-order valence-electron chi connectivity index (χ4n) is 2.35. The molecule has 1 amide bonds. The Bertz CT molecular complexity index is 456. The van der Waals surface area contributed by atoms with Gasteiger partial charge in [-0.1, -0.05) is 6.92 Å². The quantitative estimate of drug-likeness (QED) is 0.864. The van der Waals surface area contributed by atoms with E-state index in [1.807, 2.05) is 6.92 Å². The predicted octanol–water partition coefficient (Wildman–Crippen LogP) is 2.06. The van der Waals surface area contributed by atoms with Gasteiger partial charge in [-0.25, -0.2) is 0 Å². The molecule has 1 fully saturated rings. The Morgan fingerprint density at radius 1 is 1.45 bits per heavy atom. The Kier molecular flexibility index (Phi) is 4.95. The number of amides is 1. The lowest BCUT2D eigenvalue weighted by Crippen LogP contribution is -2.39. The third-order valence-corrected chi connectivity index (χ3v) is 3.81. The van der Waals surface area contributed by atoms with Crippen LogP contribution in [0.2, 0.25) is 0 Å². The van der Waals surface area contributed by atoms with E-state index in [0.29, 0.717) is 12.1 Å². The summed E-state index contributed by atoms with van der Waals surface area (Å²) in [5.41, 5.74) is 1.57. The first-order valence-electron chi connectivity index (χ1n) is 7.18. The summed E-state index contributed by atoms with van der Waals surface area (Å²) in [5, 5.41) is 6.21. The SMILES string of the molecule is CCNc1cnccc1C(=O)NCC1(C)CCOCC1. The molecule has 1 aliphatic rings. The van der Waals surface area contributed by atoms with E-state index in [0.717, 1.165) is 38.3 Å². The Labute approximate surface area is 120 Å². The second-order valence-electron chi connectivity index (χ2n) is 5.56. The van der Waals surface area contributed by atoms with Crippen LogP contribution in [-0.2, 0) is 4.74 Å². The molecule has 0 unspecified atom stereocenters. The molecule has 0 atom stereocenters. The maximum Gasteiger partial charge on any atom is 0.253 e. The topological polar surface area (TPSA) is 63.2 Å². The average molecular weight is 277 g/mol. The molecule has 110 valence electrons. The van der Waals surface area contributed by atoms with Crippen LogP contribution in [0.15, 0.2) is 18.5 Å². The minimum absolute atomic E-state index is 0.0453. The van der Waals surface area contributed by atoms with Crippen molar-refractivity contribution in [3.8, 4) is 0 Å². The van der Waals surface area contributed by atoms with Crippen LogP contribution in [0.25, 0.3) is 0 Å². The maximum absolute atomic E-state index is 12.3. The average Bonchev–Trinajstić information content (AvgIpc) is 2.47. The molecule has 0 spiro atoms. The number of carbonyl (C=O) groups is 1. The third-order valence-electron chi connectivity index (χ3n) is 3.81. The van der Waals surface area contributed by atoms with Crippen LogP contribution in [0, 0.1) is 5.41 Å². The van der Waals surface area contributed by atoms with Crippen LogP contribution in [0.3, 0.4) is 0 Å². The summed E-state index contributed by atoms with van der Waals surface area (Å²) >= 11 is 0. The van der Waals surface area contributed by atoms with Gasteiger partial charge in [-0.05, 0) is 31.2 Å². The molecule has 0 bridgehead atoms. The number of hydrogen-bond acceptors (Lipinski definition) is 4. The number of rotatable bonds is 5. The Hall–Kier alpha value is -1.62. The van der Waals surface area contributed by atoms with E-state index < -0.39 is 0 Å². The van der Waals surface area contributed by atoms with Crippen LogP contribution >= 0.6 is 0 Å². The van der Waals surface area contributed by atoms with Crippen molar-refractivity contribution in [3.63, 3.8) is 0 Å². The fraction of sp³-hybridized carbons (Fsp3) is 0.600. The zero-order valence-electron chi connectivity index (χ0n) is 12.2. The smallest absolute Gasteiger partial charge is 0.253 e. The lowest BCUT2D eigenvalue weighted by atomic mass is 9.82. The largest absolute Gasteiger partial charge is 0.383 e. The molecule has 1 aromatic rings. The highest BCUT2D eigenvalue weighted by Gasteiger charge is 2.28. The first-order chi connectivity index (χ1) is 9.64. The van der Waals surface area contributed by atoms with Gasteiger partial charge in [0, 0.05) is 32.5 Å². The molecule has 1 saturated heterocycles. The van der Waals surface area contributed by atoms with Gasteiger partial charge in [-0.3, -0.25) is 9.78 Å². The lowest BCUT2D eigenvalue weighted by molar-refractivity contribution is 0.0238.